The lowest BCUT2D eigenvalue weighted by Crippen LogP contribution is -2.44. The van der Waals surface area contributed by atoms with E-state index in [1.165, 1.54) is 17.9 Å². The molecule has 2 fully saturated rings. The number of nitrogens with zero attached hydrogens (tertiary/aromatic N) is 6. The summed E-state index contributed by atoms with van der Waals surface area (Å²) in [7, 11) is 1.51. The van der Waals surface area contributed by atoms with Crippen molar-refractivity contribution in [3.8, 4) is 11.8 Å². The molecule has 4 heterocycles. The number of amides is 2. The van der Waals surface area contributed by atoms with Gasteiger partial charge in [-0.25, -0.2) is 15.0 Å². The fourth-order valence-electron chi connectivity index (χ4n) is 4.34. The van der Waals surface area contributed by atoms with E-state index in [9.17, 15) is 14.7 Å². The number of aliphatic hydroxyl groups is 1. The highest BCUT2D eigenvalue weighted by molar-refractivity contribution is 5.94. The second-order valence-corrected chi connectivity index (χ2v) is 8.74. The molecule has 0 radical (unpaired) electrons. The van der Waals surface area contributed by atoms with Gasteiger partial charge in [0.1, 0.15) is 17.7 Å². The zero-order valence-electron chi connectivity index (χ0n) is 19.7. The lowest BCUT2D eigenvalue weighted by atomic mass is 9.91. The van der Waals surface area contributed by atoms with Gasteiger partial charge in [-0.3, -0.25) is 19.1 Å². The number of rotatable bonds is 5. The Balaban J connectivity index is 1.39. The number of fused-ring (bicyclic) bond motifs is 1. The van der Waals surface area contributed by atoms with Crippen molar-refractivity contribution in [3.05, 3.63) is 42.2 Å². The van der Waals surface area contributed by atoms with Gasteiger partial charge in [0.05, 0.1) is 12.9 Å². The molecule has 2 amide bonds. The molecule has 12 heteroatoms. The summed E-state index contributed by atoms with van der Waals surface area (Å²) in [6, 6.07) is 3.52. The minimum atomic E-state index is -0.939. The Hall–Kier alpha value is -4.08. The molecule has 2 aliphatic rings. The molecular weight excluding hydrogens is 464 g/mol. The molecule has 186 valence electrons. The molecule has 1 aliphatic heterocycles. The monoisotopic (exact) mass is 490 g/mol. The lowest BCUT2D eigenvalue weighted by Gasteiger charge is -2.36. The van der Waals surface area contributed by atoms with Crippen LogP contribution in [-0.4, -0.2) is 78.2 Å². The summed E-state index contributed by atoms with van der Waals surface area (Å²) in [5, 5.41) is 13.0. The molecule has 0 spiro atoms. The summed E-state index contributed by atoms with van der Waals surface area (Å²) in [6.07, 6.45) is 5.13. The third-order valence-electron chi connectivity index (χ3n) is 6.50. The minimum Gasteiger partial charge on any atom is -0.388 e. The number of hydrogen-bond donors (Lipinski definition) is 3. The van der Waals surface area contributed by atoms with Crippen LogP contribution in [0.5, 0.6) is 0 Å². The summed E-state index contributed by atoms with van der Waals surface area (Å²) in [4.78, 5) is 43.7. The van der Waals surface area contributed by atoms with Crippen molar-refractivity contribution in [2.75, 3.05) is 19.3 Å². The van der Waals surface area contributed by atoms with E-state index >= 15 is 0 Å². The number of hydrogen-bond acceptors (Lipinski definition) is 9. The van der Waals surface area contributed by atoms with Crippen LogP contribution in [0.25, 0.3) is 11.2 Å². The summed E-state index contributed by atoms with van der Waals surface area (Å²) in [6.45, 7) is 0.213. The molecule has 1 saturated heterocycles. The smallest absolute Gasteiger partial charge is 0.255 e. The van der Waals surface area contributed by atoms with E-state index in [1.54, 1.807) is 29.4 Å². The first-order valence-corrected chi connectivity index (χ1v) is 11.7. The first kappa shape index (κ1) is 23.7. The number of aliphatic hydroxyl groups excluding tert-OH is 1. The number of pyridine rings is 1. The standard InChI is InChI=1S/C24H26N8O4/c1-26-22(34)17-12-16(33)24(36-17)32-13-28-19-20(25)29-18(30-21(19)32)6-3-11-31(15-4-2-5-15)23(35)14-7-9-27-10-8-14/h7-10,13,15-17,24,33H,2,4-5,11-12H2,1H3,(H,26,34)(H2,25,29,30)/t16?,17-,24?/m0/s1. The first-order chi connectivity index (χ1) is 17.5. The summed E-state index contributed by atoms with van der Waals surface area (Å²) < 4.78 is 7.29. The van der Waals surface area contributed by atoms with Crippen molar-refractivity contribution in [1.29, 1.82) is 0 Å². The van der Waals surface area contributed by atoms with Crippen LogP contribution in [-0.2, 0) is 9.53 Å². The van der Waals surface area contributed by atoms with Gasteiger partial charge in [0.25, 0.3) is 5.91 Å². The second-order valence-electron chi connectivity index (χ2n) is 8.74. The normalized spacial score (nSPS) is 21.4. The Morgan fingerprint density at radius 2 is 2.08 bits per heavy atom. The Bertz CT molecular complexity index is 1340. The number of carbonyl (C=O) groups is 2. The number of imidazole rings is 1. The van der Waals surface area contributed by atoms with Crippen LogP contribution in [0.1, 0.15) is 48.1 Å². The van der Waals surface area contributed by atoms with E-state index in [4.69, 9.17) is 10.5 Å². The van der Waals surface area contributed by atoms with Gasteiger partial charge in [0.15, 0.2) is 17.7 Å². The maximum absolute atomic E-state index is 13.0. The van der Waals surface area contributed by atoms with Gasteiger partial charge in [-0.2, -0.15) is 0 Å². The maximum atomic E-state index is 13.0. The minimum absolute atomic E-state index is 0.0941. The quantitative estimate of drug-likeness (QED) is 0.426. The lowest BCUT2D eigenvalue weighted by molar-refractivity contribution is -0.134. The molecule has 1 aliphatic carbocycles. The zero-order valence-corrected chi connectivity index (χ0v) is 19.7. The van der Waals surface area contributed by atoms with Gasteiger partial charge >= 0.3 is 0 Å². The first-order valence-electron chi connectivity index (χ1n) is 11.7. The highest BCUT2D eigenvalue weighted by Gasteiger charge is 2.39. The van der Waals surface area contributed by atoms with Crippen molar-refractivity contribution in [2.45, 2.75) is 50.2 Å². The highest BCUT2D eigenvalue weighted by atomic mass is 16.5. The fourth-order valence-corrected chi connectivity index (χ4v) is 4.34. The topological polar surface area (TPSA) is 161 Å². The average Bonchev–Trinajstić information content (AvgIpc) is 3.45. The Morgan fingerprint density at radius 3 is 2.78 bits per heavy atom. The van der Waals surface area contributed by atoms with Crippen molar-refractivity contribution in [2.24, 2.45) is 0 Å². The molecule has 5 rings (SSSR count). The Kier molecular flexibility index (Phi) is 6.49. The molecule has 12 nitrogen and oxygen atoms in total. The molecular formula is C24H26N8O4. The van der Waals surface area contributed by atoms with Crippen molar-refractivity contribution in [1.82, 2.24) is 34.7 Å². The number of nitrogens with one attached hydrogen (secondary N) is 1. The third kappa shape index (κ3) is 4.46. The summed E-state index contributed by atoms with van der Waals surface area (Å²) in [5.41, 5.74) is 7.33. The van der Waals surface area contributed by atoms with Crippen LogP contribution in [0.2, 0.25) is 0 Å². The van der Waals surface area contributed by atoms with Crippen molar-refractivity contribution >= 4 is 28.8 Å². The molecule has 2 unspecified atom stereocenters. The summed E-state index contributed by atoms with van der Waals surface area (Å²) >= 11 is 0. The van der Waals surface area contributed by atoms with Gasteiger partial charge in [-0.05, 0) is 37.3 Å². The van der Waals surface area contributed by atoms with Crippen LogP contribution in [0, 0.1) is 11.8 Å². The fraction of sp³-hybridized carbons (Fsp3) is 0.417. The van der Waals surface area contributed by atoms with E-state index < -0.39 is 18.4 Å². The van der Waals surface area contributed by atoms with Crippen LogP contribution in [0.4, 0.5) is 5.82 Å². The molecule has 3 aromatic heterocycles. The molecule has 4 N–H and O–H groups in total. The molecule has 1 saturated carbocycles. The van der Waals surface area contributed by atoms with Crippen LogP contribution in [0.15, 0.2) is 30.9 Å². The Morgan fingerprint density at radius 1 is 1.31 bits per heavy atom. The number of aromatic nitrogens is 5. The van der Waals surface area contributed by atoms with Crippen molar-refractivity contribution in [3.63, 3.8) is 0 Å². The van der Waals surface area contributed by atoms with Gasteiger partial charge in [-0.15, -0.1) is 0 Å². The predicted octanol–water partition coefficient (Wildman–Crippen LogP) is 0.244. The second kappa shape index (κ2) is 9.88. The molecule has 3 atom stereocenters. The molecule has 0 bridgehead atoms. The number of carbonyl (C=O) groups excluding carboxylic acids is 2. The van der Waals surface area contributed by atoms with Gasteiger partial charge in [0.2, 0.25) is 11.7 Å². The number of anilines is 1. The summed E-state index contributed by atoms with van der Waals surface area (Å²) in [5.74, 6) is 5.78. The molecule has 3 aromatic rings. The number of nitrogen functional groups attached to an aromatic ring is 1. The predicted molar refractivity (Wildman–Crippen MR) is 128 cm³/mol. The largest absolute Gasteiger partial charge is 0.388 e. The van der Waals surface area contributed by atoms with Crippen molar-refractivity contribution < 1.29 is 19.4 Å². The highest BCUT2D eigenvalue weighted by Crippen LogP contribution is 2.32. The third-order valence-corrected chi connectivity index (χ3v) is 6.50. The van der Waals surface area contributed by atoms with E-state index in [0.29, 0.717) is 16.7 Å². The number of likely N-dealkylation sites (N-methyl/N-ethyl adjacent to an activating group) is 1. The van der Waals surface area contributed by atoms with Gasteiger partial charge in [-0.1, -0.05) is 5.92 Å². The van der Waals surface area contributed by atoms with Gasteiger partial charge in [0, 0.05) is 37.5 Å². The number of ether oxygens (including phenoxy) is 1. The van der Waals surface area contributed by atoms with E-state index in [2.05, 4.69) is 37.1 Å². The van der Waals surface area contributed by atoms with Crippen LogP contribution >= 0.6 is 0 Å². The van der Waals surface area contributed by atoms with Gasteiger partial charge < -0.3 is 25.8 Å². The van der Waals surface area contributed by atoms with Crippen LogP contribution < -0.4 is 11.1 Å². The SMILES string of the molecule is CNC(=O)[C@@H]1CC(O)C(n2cnc3c(N)nc(C#CCN(C(=O)c4ccncc4)C4CCC4)nc32)O1. The maximum Gasteiger partial charge on any atom is 0.255 e. The number of nitrogens with two attached hydrogens (primary N) is 1. The van der Waals surface area contributed by atoms with E-state index in [0.717, 1.165) is 19.3 Å². The Labute approximate surface area is 206 Å². The molecule has 36 heavy (non-hydrogen) atoms. The zero-order chi connectivity index (χ0) is 25.2. The molecule has 0 aromatic carbocycles. The van der Waals surface area contributed by atoms with E-state index in [1.807, 2.05) is 0 Å². The van der Waals surface area contributed by atoms with Crippen LogP contribution in [0.3, 0.4) is 0 Å². The average molecular weight is 491 g/mol. The van der Waals surface area contributed by atoms with E-state index in [-0.39, 0.29) is 42.5 Å².